The van der Waals surface area contributed by atoms with Crippen LogP contribution < -0.4 is 4.90 Å². The summed E-state index contributed by atoms with van der Waals surface area (Å²) in [6, 6.07) is 0.446. The maximum absolute atomic E-state index is 10.9. The molecule has 104 valence electrons. The van der Waals surface area contributed by atoms with E-state index in [4.69, 9.17) is 5.11 Å². The van der Waals surface area contributed by atoms with Gasteiger partial charge in [0.2, 0.25) is 0 Å². The van der Waals surface area contributed by atoms with E-state index in [0.29, 0.717) is 11.9 Å². The summed E-state index contributed by atoms with van der Waals surface area (Å²) in [6.45, 7) is 2.25. The van der Waals surface area contributed by atoms with Crippen molar-refractivity contribution in [1.29, 1.82) is 0 Å². The summed E-state index contributed by atoms with van der Waals surface area (Å²) in [4.78, 5) is 21.1. The summed E-state index contributed by atoms with van der Waals surface area (Å²) in [5.74, 6) is 0.471. The van der Waals surface area contributed by atoms with Crippen LogP contribution in [-0.4, -0.2) is 34.1 Å². The highest BCUT2D eigenvalue weighted by atomic mass is 16.4. The third kappa shape index (κ3) is 3.22. The second kappa shape index (κ2) is 5.99. The van der Waals surface area contributed by atoms with E-state index in [2.05, 4.69) is 21.8 Å². The molecule has 0 atom stereocenters. The zero-order valence-electron chi connectivity index (χ0n) is 11.5. The van der Waals surface area contributed by atoms with Crippen molar-refractivity contribution >= 4 is 11.8 Å². The normalized spacial score (nSPS) is 23.1. The average Bonchev–Trinajstić information content (AvgIpc) is 2.46. The molecule has 1 aliphatic carbocycles. The van der Waals surface area contributed by atoms with Crippen molar-refractivity contribution in [2.75, 3.05) is 11.9 Å². The number of carboxylic acids is 1. The van der Waals surface area contributed by atoms with Gasteiger partial charge in [-0.05, 0) is 31.6 Å². The molecule has 1 saturated carbocycles. The highest BCUT2D eigenvalue weighted by Crippen LogP contribution is 2.30. The third-order valence-corrected chi connectivity index (χ3v) is 4.14. The van der Waals surface area contributed by atoms with E-state index in [-0.39, 0.29) is 5.69 Å². The lowest BCUT2D eigenvalue weighted by Crippen LogP contribution is -2.35. The van der Waals surface area contributed by atoms with E-state index in [1.807, 2.05) is 7.05 Å². The van der Waals surface area contributed by atoms with Gasteiger partial charge in [-0.2, -0.15) is 0 Å². The van der Waals surface area contributed by atoms with Crippen LogP contribution in [0.2, 0.25) is 0 Å². The van der Waals surface area contributed by atoms with Crippen molar-refractivity contribution < 1.29 is 9.90 Å². The first-order valence-corrected chi connectivity index (χ1v) is 6.90. The number of nitrogens with zero attached hydrogens (tertiary/aromatic N) is 3. The first-order chi connectivity index (χ1) is 9.11. The molecule has 19 heavy (non-hydrogen) atoms. The fourth-order valence-electron chi connectivity index (χ4n) is 2.76. The molecule has 1 N–H and O–H groups in total. The van der Waals surface area contributed by atoms with Crippen LogP contribution in [0, 0.1) is 5.92 Å². The molecule has 0 aromatic carbocycles. The van der Waals surface area contributed by atoms with Crippen LogP contribution in [0.25, 0.3) is 0 Å². The molecule has 1 heterocycles. The smallest absolute Gasteiger partial charge is 0.356 e. The van der Waals surface area contributed by atoms with Crippen LogP contribution in [0.5, 0.6) is 0 Å². The van der Waals surface area contributed by atoms with E-state index >= 15 is 0 Å². The van der Waals surface area contributed by atoms with Crippen LogP contribution in [0.1, 0.15) is 49.5 Å². The van der Waals surface area contributed by atoms with Crippen molar-refractivity contribution in [2.45, 2.75) is 45.1 Å². The van der Waals surface area contributed by atoms with Gasteiger partial charge in [0.1, 0.15) is 5.82 Å². The second-order valence-corrected chi connectivity index (χ2v) is 5.26. The molecule has 0 bridgehead atoms. The Morgan fingerprint density at radius 1 is 1.37 bits per heavy atom. The molecule has 5 nitrogen and oxygen atoms in total. The van der Waals surface area contributed by atoms with Crippen LogP contribution >= 0.6 is 0 Å². The van der Waals surface area contributed by atoms with Crippen molar-refractivity contribution in [3.05, 3.63) is 18.1 Å². The van der Waals surface area contributed by atoms with Crippen LogP contribution in [0.15, 0.2) is 12.4 Å². The largest absolute Gasteiger partial charge is 0.476 e. The lowest BCUT2D eigenvalue weighted by atomic mass is 9.84. The molecule has 1 aliphatic rings. The van der Waals surface area contributed by atoms with Crippen LogP contribution in [0.3, 0.4) is 0 Å². The third-order valence-electron chi connectivity index (χ3n) is 4.14. The Kier molecular flexibility index (Phi) is 4.35. The number of aromatic nitrogens is 2. The topological polar surface area (TPSA) is 66.3 Å². The Morgan fingerprint density at radius 3 is 2.63 bits per heavy atom. The summed E-state index contributed by atoms with van der Waals surface area (Å²) < 4.78 is 0. The number of aromatic carboxylic acids is 1. The molecule has 0 amide bonds. The predicted molar refractivity (Wildman–Crippen MR) is 73.4 cm³/mol. The quantitative estimate of drug-likeness (QED) is 0.904. The predicted octanol–water partition coefficient (Wildman–Crippen LogP) is 2.58. The SMILES string of the molecule is CCC1CCC(N(C)c2cncc(C(=O)O)n2)CC1. The number of carboxylic acid groups (broad SMARTS) is 1. The van der Waals surface area contributed by atoms with E-state index in [1.165, 1.54) is 25.5 Å². The second-order valence-electron chi connectivity index (χ2n) is 5.26. The number of anilines is 1. The first-order valence-electron chi connectivity index (χ1n) is 6.90. The van der Waals surface area contributed by atoms with Gasteiger partial charge < -0.3 is 10.0 Å². The minimum atomic E-state index is -1.03. The van der Waals surface area contributed by atoms with E-state index in [9.17, 15) is 4.79 Å². The van der Waals surface area contributed by atoms with Gasteiger partial charge >= 0.3 is 5.97 Å². The fourth-order valence-corrected chi connectivity index (χ4v) is 2.76. The summed E-state index contributed by atoms with van der Waals surface area (Å²) in [5, 5.41) is 8.95. The summed E-state index contributed by atoms with van der Waals surface area (Å²) in [7, 11) is 1.98. The van der Waals surface area contributed by atoms with Crippen LogP contribution in [-0.2, 0) is 0 Å². The van der Waals surface area contributed by atoms with Gasteiger partial charge in [0.25, 0.3) is 0 Å². The Hall–Kier alpha value is -1.65. The molecule has 0 saturated heterocycles. The Balaban J connectivity index is 2.05. The van der Waals surface area contributed by atoms with Gasteiger partial charge in [-0.15, -0.1) is 0 Å². The lowest BCUT2D eigenvalue weighted by molar-refractivity contribution is 0.0690. The molecule has 1 aromatic rings. The zero-order valence-corrected chi connectivity index (χ0v) is 11.5. The molecule has 2 rings (SSSR count). The van der Waals surface area contributed by atoms with Gasteiger partial charge in [0.15, 0.2) is 5.69 Å². The highest BCUT2D eigenvalue weighted by Gasteiger charge is 2.24. The molecule has 1 fully saturated rings. The fraction of sp³-hybridized carbons (Fsp3) is 0.643. The van der Waals surface area contributed by atoms with E-state index < -0.39 is 5.97 Å². The molecule has 1 aromatic heterocycles. The number of carbonyl (C=O) groups is 1. The van der Waals surface area contributed by atoms with Crippen molar-refractivity contribution in [3.63, 3.8) is 0 Å². The maximum atomic E-state index is 10.9. The van der Waals surface area contributed by atoms with Gasteiger partial charge in [0.05, 0.1) is 12.4 Å². The highest BCUT2D eigenvalue weighted by molar-refractivity contribution is 5.85. The number of hydrogen-bond donors (Lipinski definition) is 1. The maximum Gasteiger partial charge on any atom is 0.356 e. The molecular weight excluding hydrogens is 242 g/mol. The Morgan fingerprint density at radius 2 is 2.05 bits per heavy atom. The number of hydrogen-bond acceptors (Lipinski definition) is 4. The summed E-state index contributed by atoms with van der Waals surface area (Å²) in [6.07, 6.45) is 8.97. The standard InChI is InChI=1S/C14H21N3O2/c1-3-10-4-6-11(7-5-10)17(2)13-9-15-8-12(16-13)14(18)19/h8-11H,3-7H2,1-2H3,(H,18,19). The summed E-state index contributed by atoms with van der Waals surface area (Å²) >= 11 is 0. The Labute approximate surface area is 113 Å². The van der Waals surface area contributed by atoms with Gasteiger partial charge in [-0.1, -0.05) is 13.3 Å². The Bertz CT molecular complexity index is 442. The molecular formula is C14H21N3O2. The van der Waals surface area contributed by atoms with Crippen LogP contribution in [0.4, 0.5) is 5.82 Å². The summed E-state index contributed by atoms with van der Waals surface area (Å²) in [5.41, 5.74) is 0.00611. The molecule has 0 unspecified atom stereocenters. The van der Waals surface area contributed by atoms with E-state index in [0.717, 1.165) is 18.8 Å². The minimum Gasteiger partial charge on any atom is -0.476 e. The lowest BCUT2D eigenvalue weighted by Gasteiger charge is -2.35. The minimum absolute atomic E-state index is 0.00611. The van der Waals surface area contributed by atoms with Gasteiger partial charge in [0, 0.05) is 13.1 Å². The van der Waals surface area contributed by atoms with Crippen molar-refractivity contribution in [2.24, 2.45) is 5.92 Å². The molecule has 5 heteroatoms. The van der Waals surface area contributed by atoms with Gasteiger partial charge in [-0.3, -0.25) is 4.98 Å². The zero-order chi connectivity index (χ0) is 13.8. The molecule has 0 spiro atoms. The molecule has 0 radical (unpaired) electrons. The average molecular weight is 263 g/mol. The number of rotatable bonds is 4. The van der Waals surface area contributed by atoms with Gasteiger partial charge in [-0.25, -0.2) is 9.78 Å². The van der Waals surface area contributed by atoms with Crippen molar-refractivity contribution in [1.82, 2.24) is 9.97 Å². The monoisotopic (exact) mass is 263 g/mol. The van der Waals surface area contributed by atoms with E-state index in [1.54, 1.807) is 6.20 Å². The van der Waals surface area contributed by atoms with Crippen molar-refractivity contribution in [3.8, 4) is 0 Å². The first kappa shape index (κ1) is 13.8. The molecule has 0 aliphatic heterocycles.